The van der Waals surface area contributed by atoms with Crippen molar-refractivity contribution in [2.24, 2.45) is 0 Å². The van der Waals surface area contributed by atoms with Gasteiger partial charge in [0.1, 0.15) is 6.61 Å². The first-order chi connectivity index (χ1) is 5.81. The molecular weight excluding hydrogens is 156 g/mol. The smallest absolute Gasteiger partial charge is 0.305 e. The molecule has 0 saturated carbocycles. The highest BCUT2D eigenvalue weighted by Crippen LogP contribution is 1.96. The summed E-state index contributed by atoms with van der Waals surface area (Å²) in [4.78, 5) is 10.8. The monoisotopic (exact) mass is 166 g/mol. The minimum atomic E-state index is -0.333. The Balaban J connectivity index is 3.24. The molecule has 0 atom stereocenters. The topological polar surface area (TPSA) is 73.9 Å². The molecule has 64 valence electrons. The van der Waals surface area contributed by atoms with E-state index in [1.165, 1.54) is 0 Å². The van der Waals surface area contributed by atoms with Crippen LogP contribution in [0.25, 0.3) is 0 Å². The summed E-state index contributed by atoms with van der Waals surface area (Å²) in [5, 5.41) is 16.3. The molecule has 0 aliphatic rings. The van der Waals surface area contributed by atoms with E-state index in [0.717, 1.165) is 0 Å². The average molecular weight is 166 g/mol. The number of carbonyl (C=O) groups excluding carboxylic acids is 1. The van der Waals surface area contributed by atoms with Gasteiger partial charge in [-0.05, 0) is 6.42 Å². The molecule has 0 amide bonds. The van der Waals surface area contributed by atoms with Crippen molar-refractivity contribution in [2.75, 3.05) is 6.61 Å². The molecule has 4 nitrogen and oxygen atoms in total. The van der Waals surface area contributed by atoms with Crippen molar-refractivity contribution in [1.29, 1.82) is 10.5 Å². The van der Waals surface area contributed by atoms with Crippen molar-refractivity contribution in [2.45, 2.75) is 25.7 Å². The zero-order chi connectivity index (χ0) is 9.23. The minimum absolute atomic E-state index is 0.155. The Morgan fingerprint density at radius 2 is 1.92 bits per heavy atom. The molecular formula is C8H10N2O2. The summed E-state index contributed by atoms with van der Waals surface area (Å²) >= 11 is 0. The van der Waals surface area contributed by atoms with Crippen LogP contribution in [-0.4, -0.2) is 12.6 Å². The molecule has 0 radical (unpaired) electrons. The van der Waals surface area contributed by atoms with Gasteiger partial charge in [0, 0.05) is 12.8 Å². The Labute approximate surface area is 71.4 Å². The molecule has 12 heavy (non-hydrogen) atoms. The maximum Gasteiger partial charge on any atom is 0.305 e. The summed E-state index contributed by atoms with van der Waals surface area (Å²) in [5.74, 6) is -0.333. The van der Waals surface area contributed by atoms with E-state index in [-0.39, 0.29) is 25.4 Å². The van der Waals surface area contributed by atoms with Gasteiger partial charge in [0.2, 0.25) is 0 Å². The van der Waals surface area contributed by atoms with Gasteiger partial charge in [0.15, 0.2) is 0 Å². The lowest BCUT2D eigenvalue weighted by Gasteiger charge is -1.99. The summed E-state index contributed by atoms with van der Waals surface area (Å²) < 4.78 is 4.66. The molecule has 0 rings (SSSR count). The average Bonchev–Trinajstić information content (AvgIpc) is 2.06. The second-order valence-electron chi connectivity index (χ2n) is 2.14. The highest BCUT2D eigenvalue weighted by molar-refractivity contribution is 5.69. The fourth-order valence-corrected chi connectivity index (χ4v) is 0.594. The Kier molecular flexibility index (Phi) is 6.58. The van der Waals surface area contributed by atoms with E-state index in [4.69, 9.17) is 10.5 Å². The van der Waals surface area contributed by atoms with Crippen LogP contribution in [0.5, 0.6) is 0 Å². The molecule has 0 unspecified atom stereocenters. The molecule has 0 fully saturated rings. The zero-order valence-corrected chi connectivity index (χ0v) is 6.75. The highest BCUT2D eigenvalue weighted by atomic mass is 16.5. The number of nitrogens with zero attached hydrogens (tertiary/aromatic N) is 2. The number of nitriles is 2. The Hall–Kier alpha value is -1.55. The first-order valence-corrected chi connectivity index (χ1v) is 3.70. The molecule has 0 heterocycles. The van der Waals surface area contributed by atoms with Crippen LogP contribution >= 0.6 is 0 Å². The van der Waals surface area contributed by atoms with E-state index in [2.05, 4.69) is 4.74 Å². The van der Waals surface area contributed by atoms with Crippen LogP contribution in [0.2, 0.25) is 0 Å². The van der Waals surface area contributed by atoms with Crippen LogP contribution in [0.3, 0.4) is 0 Å². The predicted octanol–water partition coefficient (Wildman–Crippen LogP) is 1.14. The zero-order valence-electron chi connectivity index (χ0n) is 6.75. The highest BCUT2D eigenvalue weighted by Gasteiger charge is 2.00. The van der Waals surface area contributed by atoms with Gasteiger partial charge in [-0.15, -0.1) is 0 Å². The molecule has 0 saturated heterocycles. The molecule has 0 aliphatic heterocycles. The number of ether oxygens (including phenoxy) is 1. The largest absolute Gasteiger partial charge is 0.465 e. The third-order valence-electron chi connectivity index (χ3n) is 1.15. The van der Waals surface area contributed by atoms with E-state index in [0.29, 0.717) is 12.8 Å². The standard InChI is InChI=1S/C8H10N2O2/c9-5-2-1-4-8(11)12-7-3-6-10/h1-4,7H2. The first kappa shape index (κ1) is 10.4. The minimum Gasteiger partial charge on any atom is -0.465 e. The number of hydrogen-bond acceptors (Lipinski definition) is 4. The number of hydrogen-bond donors (Lipinski definition) is 0. The van der Waals surface area contributed by atoms with Gasteiger partial charge in [0.05, 0.1) is 18.6 Å². The lowest BCUT2D eigenvalue weighted by atomic mass is 10.2. The van der Waals surface area contributed by atoms with Gasteiger partial charge in [-0.3, -0.25) is 4.79 Å². The van der Waals surface area contributed by atoms with Crippen molar-refractivity contribution in [3.05, 3.63) is 0 Å². The summed E-state index contributed by atoms with van der Waals surface area (Å²) in [6, 6.07) is 3.79. The number of esters is 1. The Morgan fingerprint density at radius 1 is 1.25 bits per heavy atom. The maximum atomic E-state index is 10.8. The van der Waals surface area contributed by atoms with E-state index in [9.17, 15) is 4.79 Å². The molecule has 0 aromatic heterocycles. The second kappa shape index (κ2) is 7.56. The lowest BCUT2D eigenvalue weighted by molar-refractivity contribution is -0.143. The summed E-state index contributed by atoms with van der Waals surface area (Å²) in [6.07, 6.45) is 1.39. The fraction of sp³-hybridized carbons (Fsp3) is 0.625. The normalized spacial score (nSPS) is 8.17. The van der Waals surface area contributed by atoms with Gasteiger partial charge in [-0.2, -0.15) is 10.5 Å². The molecule has 0 bridgehead atoms. The van der Waals surface area contributed by atoms with E-state index in [1.807, 2.05) is 12.1 Å². The Morgan fingerprint density at radius 3 is 2.50 bits per heavy atom. The molecule has 0 spiro atoms. The quantitative estimate of drug-likeness (QED) is 0.453. The van der Waals surface area contributed by atoms with Crippen molar-refractivity contribution in [3.63, 3.8) is 0 Å². The molecule has 0 aliphatic carbocycles. The molecule has 0 aromatic rings. The van der Waals surface area contributed by atoms with Crippen molar-refractivity contribution >= 4 is 5.97 Å². The van der Waals surface area contributed by atoms with E-state index in [1.54, 1.807) is 0 Å². The van der Waals surface area contributed by atoms with Gasteiger partial charge in [-0.25, -0.2) is 0 Å². The SMILES string of the molecule is N#CCCCC(=O)OCCC#N. The van der Waals surface area contributed by atoms with Crippen molar-refractivity contribution < 1.29 is 9.53 Å². The fourth-order valence-electron chi connectivity index (χ4n) is 0.594. The maximum absolute atomic E-state index is 10.8. The van der Waals surface area contributed by atoms with Crippen LogP contribution in [0.15, 0.2) is 0 Å². The summed E-state index contributed by atoms with van der Waals surface area (Å²) in [6.45, 7) is 0.155. The van der Waals surface area contributed by atoms with Crippen LogP contribution < -0.4 is 0 Å². The molecule has 0 N–H and O–H groups in total. The van der Waals surface area contributed by atoms with Crippen molar-refractivity contribution in [1.82, 2.24) is 0 Å². The molecule has 0 aromatic carbocycles. The van der Waals surface area contributed by atoms with Gasteiger partial charge >= 0.3 is 5.97 Å². The third-order valence-corrected chi connectivity index (χ3v) is 1.15. The van der Waals surface area contributed by atoms with Crippen molar-refractivity contribution in [3.8, 4) is 12.1 Å². The first-order valence-electron chi connectivity index (χ1n) is 3.70. The van der Waals surface area contributed by atoms with Gasteiger partial charge in [-0.1, -0.05) is 0 Å². The van der Waals surface area contributed by atoms with E-state index < -0.39 is 0 Å². The van der Waals surface area contributed by atoms with Gasteiger partial charge in [0.25, 0.3) is 0 Å². The molecule has 4 heteroatoms. The van der Waals surface area contributed by atoms with Crippen LogP contribution in [0, 0.1) is 22.7 Å². The number of carbonyl (C=O) groups is 1. The Bertz CT molecular complexity index is 190. The van der Waals surface area contributed by atoms with Crippen LogP contribution in [-0.2, 0) is 9.53 Å². The summed E-state index contributed by atoms with van der Waals surface area (Å²) in [5.41, 5.74) is 0. The van der Waals surface area contributed by atoms with E-state index >= 15 is 0 Å². The predicted molar refractivity (Wildman–Crippen MR) is 40.7 cm³/mol. The number of unbranched alkanes of at least 4 members (excludes halogenated alkanes) is 1. The second-order valence-corrected chi connectivity index (χ2v) is 2.14. The lowest BCUT2D eigenvalue weighted by Crippen LogP contribution is -2.04. The van der Waals surface area contributed by atoms with Crippen LogP contribution in [0.4, 0.5) is 0 Å². The summed E-state index contributed by atoms with van der Waals surface area (Å²) in [7, 11) is 0. The van der Waals surface area contributed by atoms with Gasteiger partial charge < -0.3 is 4.74 Å². The number of rotatable bonds is 5. The third kappa shape index (κ3) is 6.57. The van der Waals surface area contributed by atoms with Crippen LogP contribution in [0.1, 0.15) is 25.7 Å².